The Labute approximate surface area is 77.7 Å². The van der Waals surface area contributed by atoms with E-state index in [1.807, 2.05) is 19.1 Å². The van der Waals surface area contributed by atoms with E-state index in [9.17, 15) is 4.79 Å². The van der Waals surface area contributed by atoms with Crippen LogP contribution in [0.25, 0.3) is 0 Å². The molecule has 1 aliphatic heterocycles. The first-order valence-corrected chi connectivity index (χ1v) is 4.27. The summed E-state index contributed by atoms with van der Waals surface area (Å²) in [5.41, 5.74) is 5.22. The summed E-state index contributed by atoms with van der Waals surface area (Å²) in [6.45, 7) is 4.24. The highest BCUT2D eigenvalue weighted by Crippen LogP contribution is 2.10. The monoisotopic (exact) mass is 185 g/mol. The van der Waals surface area contributed by atoms with E-state index >= 15 is 0 Å². The molecule has 0 radical (unpaired) electrons. The quantitative estimate of drug-likeness (QED) is 0.453. The van der Waals surface area contributed by atoms with Gasteiger partial charge in [0.15, 0.2) is 0 Å². The van der Waals surface area contributed by atoms with Gasteiger partial charge >= 0.3 is 6.16 Å². The van der Waals surface area contributed by atoms with Crippen molar-refractivity contribution in [3.63, 3.8) is 0 Å². The van der Waals surface area contributed by atoms with Crippen molar-refractivity contribution >= 4 is 6.16 Å². The van der Waals surface area contributed by atoms with Gasteiger partial charge in [-0.3, -0.25) is 0 Å². The van der Waals surface area contributed by atoms with Gasteiger partial charge in [0.2, 0.25) is 0 Å². The van der Waals surface area contributed by atoms with Gasteiger partial charge in [-0.2, -0.15) is 0 Å². The number of carbonyl (C=O) groups excluding carboxylic acids is 1. The second-order valence-electron chi connectivity index (χ2n) is 3.69. The average molecular weight is 185 g/mol. The number of nitrogens with two attached hydrogens (primary N) is 1. The molecule has 0 fully saturated rings. The molecule has 0 aromatic carbocycles. The van der Waals surface area contributed by atoms with E-state index in [2.05, 4.69) is 0 Å². The third-order valence-electron chi connectivity index (χ3n) is 1.77. The minimum Gasteiger partial charge on any atom is -0.434 e. The van der Waals surface area contributed by atoms with Crippen molar-refractivity contribution in [1.29, 1.82) is 0 Å². The molecule has 0 aliphatic carbocycles. The number of ether oxygens (including phenoxy) is 2. The minimum absolute atomic E-state index is 0.148. The number of cyclic esters (lactones) is 2. The zero-order valence-electron chi connectivity index (χ0n) is 7.95. The second-order valence-corrected chi connectivity index (χ2v) is 3.69. The average Bonchev–Trinajstić information content (AvgIpc) is 2.11. The molecule has 0 bridgehead atoms. The molecule has 0 aromatic heterocycles. The maximum atomic E-state index is 10.9. The van der Waals surface area contributed by atoms with Gasteiger partial charge in [-0.05, 0) is 6.92 Å². The standard InChI is InChI=1S/C9H15NO3/c1-7-3-4-9(2,10)6-13-8(11)12-5-7/h3-4,7H,5-6,10H2,1-2H3/b4-3-. The van der Waals surface area contributed by atoms with Crippen molar-refractivity contribution in [3.8, 4) is 0 Å². The summed E-state index contributed by atoms with van der Waals surface area (Å²) in [6, 6.07) is 0. The van der Waals surface area contributed by atoms with Gasteiger partial charge in [-0.25, -0.2) is 4.79 Å². The summed E-state index contributed by atoms with van der Waals surface area (Å²) in [7, 11) is 0. The highest BCUT2D eigenvalue weighted by Gasteiger charge is 2.20. The Morgan fingerprint density at radius 3 is 3.00 bits per heavy atom. The second kappa shape index (κ2) is 3.79. The SMILES string of the molecule is CC1/C=C\C(C)(N)COC(=O)OC1. The van der Waals surface area contributed by atoms with Crippen LogP contribution in [0.4, 0.5) is 4.79 Å². The normalized spacial score (nSPS) is 37.8. The van der Waals surface area contributed by atoms with Crippen LogP contribution in [0.2, 0.25) is 0 Å². The molecule has 1 rings (SSSR count). The lowest BCUT2D eigenvalue weighted by Crippen LogP contribution is -2.39. The number of rotatable bonds is 0. The third-order valence-corrected chi connectivity index (χ3v) is 1.77. The van der Waals surface area contributed by atoms with Crippen molar-refractivity contribution in [2.24, 2.45) is 11.7 Å². The highest BCUT2D eigenvalue weighted by molar-refractivity contribution is 5.60. The molecule has 2 N–H and O–H groups in total. The van der Waals surface area contributed by atoms with Crippen molar-refractivity contribution in [3.05, 3.63) is 12.2 Å². The Morgan fingerprint density at radius 2 is 2.31 bits per heavy atom. The fourth-order valence-electron chi connectivity index (χ4n) is 0.943. The Kier molecular flexibility index (Phi) is 2.93. The van der Waals surface area contributed by atoms with E-state index in [0.29, 0.717) is 6.61 Å². The Morgan fingerprint density at radius 1 is 1.62 bits per heavy atom. The zero-order valence-corrected chi connectivity index (χ0v) is 7.95. The van der Waals surface area contributed by atoms with E-state index in [1.54, 1.807) is 6.92 Å². The molecule has 4 nitrogen and oxygen atoms in total. The predicted octanol–water partition coefficient (Wildman–Crippen LogP) is 1.06. The molecule has 0 spiro atoms. The van der Waals surface area contributed by atoms with Crippen molar-refractivity contribution in [2.75, 3.05) is 13.2 Å². The lowest BCUT2D eigenvalue weighted by Gasteiger charge is -2.18. The number of carbonyl (C=O) groups is 1. The molecule has 2 atom stereocenters. The summed E-state index contributed by atoms with van der Waals surface area (Å²) >= 11 is 0. The molecule has 0 saturated carbocycles. The van der Waals surface area contributed by atoms with Gasteiger partial charge in [-0.1, -0.05) is 19.1 Å². The van der Waals surface area contributed by atoms with Gasteiger partial charge in [0.1, 0.15) is 13.2 Å². The fourth-order valence-corrected chi connectivity index (χ4v) is 0.943. The van der Waals surface area contributed by atoms with Crippen LogP contribution in [-0.2, 0) is 9.47 Å². The number of hydrogen-bond acceptors (Lipinski definition) is 4. The molecular weight excluding hydrogens is 170 g/mol. The van der Waals surface area contributed by atoms with Gasteiger partial charge in [0, 0.05) is 5.92 Å². The molecule has 0 aromatic rings. The summed E-state index contributed by atoms with van der Waals surface area (Å²) in [5, 5.41) is 0. The third kappa shape index (κ3) is 3.46. The zero-order chi connectivity index (χ0) is 9.90. The maximum absolute atomic E-state index is 10.9. The van der Waals surface area contributed by atoms with Gasteiger partial charge in [0.25, 0.3) is 0 Å². The molecular formula is C9H15NO3. The van der Waals surface area contributed by atoms with Crippen LogP contribution in [0.1, 0.15) is 13.8 Å². The molecule has 13 heavy (non-hydrogen) atoms. The fraction of sp³-hybridized carbons (Fsp3) is 0.667. The molecule has 0 saturated heterocycles. The van der Waals surface area contributed by atoms with E-state index in [1.165, 1.54) is 0 Å². The minimum atomic E-state index is -0.646. The maximum Gasteiger partial charge on any atom is 0.508 e. The van der Waals surface area contributed by atoms with Gasteiger partial charge < -0.3 is 15.2 Å². The van der Waals surface area contributed by atoms with Crippen LogP contribution >= 0.6 is 0 Å². The summed E-state index contributed by atoms with van der Waals surface area (Å²) in [6.07, 6.45) is 3.13. The first-order chi connectivity index (χ1) is 5.99. The van der Waals surface area contributed by atoms with Gasteiger partial charge in [-0.15, -0.1) is 0 Å². The smallest absolute Gasteiger partial charge is 0.434 e. The lowest BCUT2D eigenvalue weighted by molar-refractivity contribution is 0.0438. The van der Waals surface area contributed by atoms with E-state index in [-0.39, 0.29) is 12.5 Å². The van der Waals surface area contributed by atoms with Crippen LogP contribution in [-0.4, -0.2) is 24.9 Å². The van der Waals surface area contributed by atoms with Crippen molar-refractivity contribution in [1.82, 2.24) is 0 Å². The van der Waals surface area contributed by atoms with Crippen LogP contribution in [0, 0.1) is 5.92 Å². The molecule has 74 valence electrons. The molecule has 0 amide bonds. The van der Waals surface area contributed by atoms with E-state index in [0.717, 1.165) is 0 Å². The summed E-state index contributed by atoms with van der Waals surface area (Å²) < 4.78 is 9.59. The summed E-state index contributed by atoms with van der Waals surface area (Å²) in [4.78, 5) is 10.9. The van der Waals surface area contributed by atoms with Crippen LogP contribution in [0.5, 0.6) is 0 Å². The van der Waals surface area contributed by atoms with Crippen molar-refractivity contribution in [2.45, 2.75) is 19.4 Å². The van der Waals surface area contributed by atoms with Crippen LogP contribution in [0.3, 0.4) is 0 Å². The van der Waals surface area contributed by atoms with Crippen LogP contribution < -0.4 is 5.73 Å². The Hall–Kier alpha value is -1.03. The summed E-state index contributed by atoms with van der Waals surface area (Å²) in [5.74, 6) is 0.175. The van der Waals surface area contributed by atoms with E-state index in [4.69, 9.17) is 15.2 Å². The first-order valence-electron chi connectivity index (χ1n) is 4.27. The van der Waals surface area contributed by atoms with E-state index < -0.39 is 11.7 Å². The first kappa shape index (κ1) is 10.1. The largest absolute Gasteiger partial charge is 0.508 e. The predicted molar refractivity (Wildman–Crippen MR) is 48.2 cm³/mol. The molecule has 4 heteroatoms. The Balaban J connectivity index is 2.68. The molecule has 1 heterocycles. The van der Waals surface area contributed by atoms with Gasteiger partial charge in [0.05, 0.1) is 5.54 Å². The van der Waals surface area contributed by atoms with Crippen molar-refractivity contribution < 1.29 is 14.3 Å². The Bertz CT molecular complexity index is 223. The topological polar surface area (TPSA) is 61.5 Å². The lowest BCUT2D eigenvalue weighted by atomic mass is 10.0. The highest BCUT2D eigenvalue weighted by atomic mass is 16.7. The molecule has 1 aliphatic rings. The number of hydrogen-bond donors (Lipinski definition) is 1. The molecule has 2 unspecified atom stereocenters. The van der Waals surface area contributed by atoms with Crippen LogP contribution in [0.15, 0.2) is 12.2 Å².